The molecule has 0 unspecified atom stereocenters. The van der Waals surface area contributed by atoms with Gasteiger partial charge in [-0.2, -0.15) is 0 Å². The third kappa shape index (κ3) is 266. The number of hydrogen-bond acceptors (Lipinski definition) is 4. The minimum absolute atomic E-state index is 0. The van der Waals surface area contributed by atoms with Crippen LogP contribution in [0.2, 0.25) is 0 Å². The molecular weight excluding hydrogens is 214 g/mol. The molecule has 0 amide bonds. The molecule has 0 aliphatic carbocycles. The molecule has 0 fully saturated rings. The van der Waals surface area contributed by atoms with Crippen molar-refractivity contribution in [3.8, 4) is 0 Å². The van der Waals surface area contributed by atoms with Crippen molar-refractivity contribution in [3.05, 3.63) is 0 Å². The normalized spacial score (nSPS) is 6.11. The van der Waals surface area contributed by atoms with Gasteiger partial charge in [0.25, 0.3) is 0 Å². The predicted octanol–water partition coefficient (Wildman–Crippen LogP) is -2.34. The van der Waals surface area contributed by atoms with Crippen LogP contribution in [0.25, 0.3) is 0 Å². The second-order valence-corrected chi connectivity index (χ2v) is 1.07. The molecule has 0 aliphatic rings. The average Bonchev–Trinajstić information content (AvgIpc) is 1.65. The molecule has 0 aromatic carbocycles. The van der Waals surface area contributed by atoms with Gasteiger partial charge in [-0.3, -0.25) is 0 Å². The molecular formula is C4H11N2O2Pd+. The Labute approximate surface area is 68.3 Å². The first kappa shape index (κ1) is 16.0. The molecule has 4 N–H and O–H groups in total. The Morgan fingerprint density at radius 1 is 1.44 bits per heavy atom. The summed E-state index contributed by atoms with van der Waals surface area (Å²) in [6.45, 7) is 2.17. The van der Waals surface area contributed by atoms with Crippen LogP contribution in [-0.2, 0) is 25.2 Å². The minimum Gasteiger partial charge on any atom is -0.550 e. The summed E-state index contributed by atoms with van der Waals surface area (Å²) in [6.07, 6.45) is 0. The van der Waals surface area contributed by atoms with Crippen LogP contribution in [0.4, 0.5) is 0 Å². The summed E-state index contributed by atoms with van der Waals surface area (Å²) >= 11 is 0. The molecule has 0 bridgehead atoms. The van der Waals surface area contributed by atoms with Crippen LogP contribution in [0.5, 0.6) is 0 Å². The number of hydrogen-bond donors (Lipinski definition) is 2. The van der Waals surface area contributed by atoms with E-state index in [-0.39, 0.29) is 20.4 Å². The summed E-state index contributed by atoms with van der Waals surface area (Å²) in [4.78, 5) is 8.89. The van der Waals surface area contributed by atoms with Gasteiger partial charge in [-0.25, -0.2) is 0 Å². The van der Waals surface area contributed by atoms with Gasteiger partial charge in [0.2, 0.25) is 0 Å². The van der Waals surface area contributed by atoms with E-state index in [2.05, 4.69) is 0 Å². The quantitative estimate of drug-likeness (QED) is 0.489. The van der Waals surface area contributed by atoms with E-state index in [0.29, 0.717) is 13.1 Å². The molecule has 58 valence electrons. The van der Waals surface area contributed by atoms with Gasteiger partial charge in [0, 0.05) is 19.1 Å². The van der Waals surface area contributed by atoms with E-state index < -0.39 is 5.97 Å². The summed E-state index contributed by atoms with van der Waals surface area (Å²) in [5.74, 6) is -1.08. The molecule has 0 radical (unpaired) electrons. The standard InChI is InChI=1S/C2H8N2.C2H4O2.Pd/c3-1-2-4;1-2(3)4;/h1-4H2;1H3,(H,3,4);/q;;+2/p-1. The first-order valence-electron chi connectivity index (χ1n) is 2.22. The zero-order valence-electron chi connectivity index (χ0n) is 5.20. The second kappa shape index (κ2) is 15.7. The van der Waals surface area contributed by atoms with E-state index in [1.54, 1.807) is 0 Å². The number of carboxylic acid groups (broad SMARTS) is 1. The molecule has 0 aromatic rings. The summed E-state index contributed by atoms with van der Waals surface area (Å²) in [5.41, 5.74) is 9.81. The van der Waals surface area contributed by atoms with Crippen molar-refractivity contribution in [1.29, 1.82) is 0 Å². The topological polar surface area (TPSA) is 92.2 Å². The minimum atomic E-state index is -1.08. The summed E-state index contributed by atoms with van der Waals surface area (Å²) in [7, 11) is 0. The van der Waals surface area contributed by atoms with Gasteiger partial charge in [-0.1, -0.05) is 0 Å². The van der Waals surface area contributed by atoms with E-state index in [1.807, 2.05) is 0 Å². The third-order valence-electron chi connectivity index (χ3n) is 0.167. The van der Waals surface area contributed by atoms with Crippen LogP contribution >= 0.6 is 0 Å². The molecule has 0 saturated carbocycles. The van der Waals surface area contributed by atoms with Gasteiger partial charge in [0.05, 0.1) is 0 Å². The van der Waals surface area contributed by atoms with Gasteiger partial charge in [-0.05, 0) is 6.92 Å². The van der Waals surface area contributed by atoms with Crippen LogP contribution < -0.4 is 16.6 Å². The van der Waals surface area contributed by atoms with E-state index in [4.69, 9.17) is 21.4 Å². The number of carboxylic acids is 1. The monoisotopic (exact) mass is 225 g/mol. The number of nitrogens with two attached hydrogens (primary N) is 2. The fraction of sp³-hybridized carbons (Fsp3) is 0.750. The van der Waals surface area contributed by atoms with Crippen molar-refractivity contribution < 1.29 is 30.3 Å². The van der Waals surface area contributed by atoms with Gasteiger partial charge >= 0.3 is 20.4 Å². The molecule has 0 saturated heterocycles. The van der Waals surface area contributed by atoms with Crippen molar-refractivity contribution in [1.82, 2.24) is 0 Å². The fourth-order valence-electron chi connectivity index (χ4n) is 0. The van der Waals surface area contributed by atoms with Crippen LogP contribution in [0.15, 0.2) is 0 Å². The number of rotatable bonds is 1. The van der Waals surface area contributed by atoms with Crippen LogP contribution in [0.3, 0.4) is 0 Å². The molecule has 0 atom stereocenters. The van der Waals surface area contributed by atoms with Crippen molar-refractivity contribution in [2.45, 2.75) is 6.92 Å². The first-order chi connectivity index (χ1) is 3.65. The number of aliphatic carboxylic acids is 1. The molecule has 0 spiro atoms. The van der Waals surface area contributed by atoms with Crippen molar-refractivity contribution in [3.63, 3.8) is 0 Å². The zero-order valence-corrected chi connectivity index (χ0v) is 6.76. The second-order valence-electron chi connectivity index (χ2n) is 1.07. The summed E-state index contributed by atoms with van der Waals surface area (Å²) < 4.78 is 0. The maximum Gasteiger partial charge on any atom is 2.00 e. The molecule has 0 aromatic heterocycles. The molecule has 5 heteroatoms. The van der Waals surface area contributed by atoms with Crippen LogP contribution in [0, 0.1) is 0 Å². The van der Waals surface area contributed by atoms with Crippen molar-refractivity contribution in [2.24, 2.45) is 11.5 Å². The Hall–Kier alpha value is 0.0523. The largest absolute Gasteiger partial charge is 2.00 e. The molecule has 9 heavy (non-hydrogen) atoms. The Morgan fingerprint density at radius 3 is 1.56 bits per heavy atom. The third-order valence-corrected chi connectivity index (χ3v) is 0.167. The maximum atomic E-state index is 8.89. The zero-order chi connectivity index (χ0) is 6.99. The van der Waals surface area contributed by atoms with Crippen LogP contribution in [0.1, 0.15) is 6.92 Å². The molecule has 4 nitrogen and oxygen atoms in total. The smallest absolute Gasteiger partial charge is 0.550 e. The van der Waals surface area contributed by atoms with E-state index in [9.17, 15) is 0 Å². The Kier molecular flexibility index (Phi) is 27.9. The SMILES string of the molecule is CC(=O)[O-].NCCN.[Pd+2]. The van der Waals surface area contributed by atoms with Crippen molar-refractivity contribution in [2.75, 3.05) is 13.1 Å². The van der Waals surface area contributed by atoms with Gasteiger partial charge < -0.3 is 21.4 Å². The van der Waals surface area contributed by atoms with Gasteiger partial charge in [0.1, 0.15) is 0 Å². The predicted molar refractivity (Wildman–Crippen MR) is 28.8 cm³/mol. The van der Waals surface area contributed by atoms with E-state index in [1.165, 1.54) is 0 Å². The van der Waals surface area contributed by atoms with Gasteiger partial charge in [-0.15, -0.1) is 0 Å². The summed E-state index contributed by atoms with van der Waals surface area (Å²) in [5, 5.41) is 8.89. The number of carbonyl (C=O) groups excluding carboxylic acids is 1. The average molecular weight is 226 g/mol. The van der Waals surface area contributed by atoms with Gasteiger partial charge in [0.15, 0.2) is 0 Å². The Bertz CT molecular complexity index is 54.5. The maximum absolute atomic E-state index is 8.89. The molecule has 0 heterocycles. The number of carbonyl (C=O) groups is 1. The molecule has 0 aliphatic heterocycles. The van der Waals surface area contributed by atoms with E-state index >= 15 is 0 Å². The van der Waals surface area contributed by atoms with E-state index in [0.717, 1.165) is 6.92 Å². The van der Waals surface area contributed by atoms with Crippen molar-refractivity contribution >= 4 is 5.97 Å². The molecule has 0 rings (SSSR count). The fourth-order valence-corrected chi connectivity index (χ4v) is 0. The van der Waals surface area contributed by atoms with Crippen LogP contribution in [-0.4, -0.2) is 19.1 Å². The summed E-state index contributed by atoms with van der Waals surface area (Å²) in [6, 6.07) is 0. The first-order valence-corrected chi connectivity index (χ1v) is 2.22. The Balaban J connectivity index is -0.0000000720. The Morgan fingerprint density at radius 2 is 1.56 bits per heavy atom.